The lowest BCUT2D eigenvalue weighted by atomic mass is 9.83. The molecule has 0 spiro atoms. The standard InChI is InChI=1S/C23H21Cl2NO3/c1-3-11-29-23(28)22-15(2)26(14-16-7-6-8-17(24)12-16)21(27)13-19(22)18-9-4-5-10-20(18)25/h3-10,12,19H,1,11,13-14H2,2H3. The van der Waals surface area contributed by atoms with E-state index in [2.05, 4.69) is 6.58 Å². The van der Waals surface area contributed by atoms with Gasteiger partial charge in [0.15, 0.2) is 0 Å². The van der Waals surface area contributed by atoms with Gasteiger partial charge >= 0.3 is 5.97 Å². The van der Waals surface area contributed by atoms with E-state index in [-0.39, 0.29) is 18.9 Å². The molecule has 2 aromatic carbocycles. The largest absolute Gasteiger partial charge is 0.458 e. The third-order valence-electron chi connectivity index (χ3n) is 4.89. The Labute approximate surface area is 180 Å². The van der Waals surface area contributed by atoms with Gasteiger partial charge < -0.3 is 9.64 Å². The average molecular weight is 430 g/mol. The Bertz CT molecular complexity index is 984. The van der Waals surface area contributed by atoms with Gasteiger partial charge in [-0.1, -0.05) is 66.2 Å². The summed E-state index contributed by atoms with van der Waals surface area (Å²) in [5, 5.41) is 1.10. The Kier molecular flexibility index (Phi) is 6.78. The molecule has 1 unspecified atom stereocenters. The number of hydrogen-bond donors (Lipinski definition) is 0. The molecule has 29 heavy (non-hydrogen) atoms. The summed E-state index contributed by atoms with van der Waals surface area (Å²) in [6.07, 6.45) is 1.64. The van der Waals surface area contributed by atoms with Crippen LogP contribution in [0.4, 0.5) is 0 Å². The Morgan fingerprint density at radius 2 is 2.00 bits per heavy atom. The van der Waals surface area contributed by atoms with Gasteiger partial charge in [0.2, 0.25) is 5.91 Å². The molecular formula is C23H21Cl2NO3. The van der Waals surface area contributed by atoms with E-state index in [9.17, 15) is 9.59 Å². The van der Waals surface area contributed by atoms with Crippen molar-refractivity contribution in [1.82, 2.24) is 4.90 Å². The maximum Gasteiger partial charge on any atom is 0.336 e. The molecule has 0 fully saturated rings. The summed E-state index contributed by atoms with van der Waals surface area (Å²) < 4.78 is 5.33. The first-order valence-electron chi connectivity index (χ1n) is 9.20. The number of carbonyl (C=O) groups is 2. The second kappa shape index (κ2) is 9.29. The van der Waals surface area contributed by atoms with Crippen molar-refractivity contribution in [3.05, 3.63) is 93.6 Å². The van der Waals surface area contributed by atoms with Crippen LogP contribution in [0.25, 0.3) is 0 Å². The van der Waals surface area contributed by atoms with Crippen molar-refractivity contribution >= 4 is 35.1 Å². The number of halogens is 2. The lowest BCUT2D eigenvalue weighted by molar-refractivity contribution is -0.139. The molecule has 1 amide bonds. The second-order valence-corrected chi connectivity index (χ2v) is 7.62. The van der Waals surface area contributed by atoms with Gasteiger partial charge in [0.25, 0.3) is 0 Å². The van der Waals surface area contributed by atoms with E-state index < -0.39 is 11.9 Å². The molecule has 1 aliphatic rings. The Morgan fingerprint density at radius 1 is 1.24 bits per heavy atom. The summed E-state index contributed by atoms with van der Waals surface area (Å²) in [5.74, 6) is -1.03. The zero-order chi connectivity index (χ0) is 21.0. The molecule has 0 aliphatic carbocycles. The van der Waals surface area contributed by atoms with Crippen LogP contribution in [-0.4, -0.2) is 23.4 Å². The first-order chi connectivity index (χ1) is 13.9. The van der Waals surface area contributed by atoms with Crippen LogP contribution in [0.2, 0.25) is 10.0 Å². The number of esters is 1. The zero-order valence-corrected chi connectivity index (χ0v) is 17.5. The van der Waals surface area contributed by atoms with Crippen LogP contribution < -0.4 is 0 Å². The fourth-order valence-electron chi connectivity index (χ4n) is 3.52. The lowest BCUT2D eigenvalue weighted by Crippen LogP contribution is -2.38. The van der Waals surface area contributed by atoms with Crippen molar-refractivity contribution in [2.75, 3.05) is 6.61 Å². The summed E-state index contributed by atoms with van der Waals surface area (Å²) in [7, 11) is 0. The minimum Gasteiger partial charge on any atom is -0.458 e. The van der Waals surface area contributed by atoms with Crippen LogP contribution in [0.3, 0.4) is 0 Å². The molecule has 4 nitrogen and oxygen atoms in total. The minimum absolute atomic E-state index is 0.0901. The SMILES string of the molecule is C=CCOC(=O)C1=C(C)N(Cc2cccc(Cl)c2)C(=O)CC1c1ccccc1Cl. The third-order valence-corrected chi connectivity index (χ3v) is 5.46. The summed E-state index contributed by atoms with van der Waals surface area (Å²) in [5.41, 5.74) is 2.59. The van der Waals surface area contributed by atoms with Crippen molar-refractivity contribution in [3.8, 4) is 0 Å². The Balaban J connectivity index is 2.04. The van der Waals surface area contributed by atoms with Crippen molar-refractivity contribution in [2.45, 2.75) is 25.8 Å². The van der Waals surface area contributed by atoms with Crippen molar-refractivity contribution in [3.63, 3.8) is 0 Å². The van der Waals surface area contributed by atoms with Crippen LogP contribution in [0.5, 0.6) is 0 Å². The normalized spacial score (nSPS) is 16.7. The van der Waals surface area contributed by atoms with Gasteiger partial charge in [0.05, 0.1) is 12.1 Å². The number of benzene rings is 2. The first-order valence-corrected chi connectivity index (χ1v) is 9.96. The van der Waals surface area contributed by atoms with Crippen LogP contribution in [0.1, 0.15) is 30.4 Å². The third kappa shape index (κ3) is 4.72. The topological polar surface area (TPSA) is 46.6 Å². The molecule has 0 bridgehead atoms. The molecule has 3 rings (SSSR count). The van der Waals surface area contributed by atoms with Crippen LogP contribution in [0, 0.1) is 0 Å². The van der Waals surface area contributed by atoms with Crippen LogP contribution in [0.15, 0.2) is 72.5 Å². The predicted molar refractivity (Wildman–Crippen MR) is 115 cm³/mol. The number of rotatable bonds is 6. The fraction of sp³-hybridized carbons (Fsp3) is 0.217. The number of allylic oxidation sites excluding steroid dienone is 1. The molecular weight excluding hydrogens is 409 g/mol. The van der Waals surface area contributed by atoms with Crippen molar-refractivity contribution in [1.29, 1.82) is 0 Å². The van der Waals surface area contributed by atoms with Gasteiger partial charge in [-0.2, -0.15) is 0 Å². The highest BCUT2D eigenvalue weighted by Crippen LogP contribution is 2.40. The number of ether oxygens (including phenoxy) is 1. The Hall–Kier alpha value is -2.56. The van der Waals surface area contributed by atoms with E-state index in [0.29, 0.717) is 27.9 Å². The van der Waals surface area contributed by atoms with Gasteiger partial charge in [-0.05, 0) is 36.2 Å². The Morgan fingerprint density at radius 3 is 2.69 bits per heavy atom. The molecule has 1 atom stereocenters. The molecule has 1 heterocycles. The monoisotopic (exact) mass is 429 g/mol. The quantitative estimate of drug-likeness (QED) is 0.448. The molecule has 0 saturated carbocycles. The summed E-state index contributed by atoms with van der Waals surface area (Å²) in [4.78, 5) is 27.5. The van der Waals surface area contributed by atoms with Crippen LogP contribution >= 0.6 is 23.2 Å². The molecule has 6 heteroatoms. The van der Waals surface area contributed by atoms with Gasteiger partial charge in [-0.3, -0.25) is 4.79 Å². The van der Waals surface area contributed by atoms with E-state index in [1.165, 1.54) is 6.08 Å². The maximum atomic E-state index is 13.0. The minimum atomic E-state index is -0.476. The predicted octanol–water partition coefficient (Wildman–Crippen LogP) is 5.51. The van der Waals surface area contributed by atoms with E-state index in [4.69, 9.17) is 27.9 Å². The highest BCUT2D eigenvalue weighted by Gasteiger charge is 2.37. The first kappa shape index (κ1) is 21.2. The van der Waals surface area contributed by atoms with Gasteiger partial charge in [0.1, 0.15) is 6.61 Å². The summed E-state index contributed by atoms with van der Waals surface area (Å²) in [6.45, 7) is 5.76. The fourth-order valence-corrected chi connectivity index (χ4v) is 4.00. The lowest BCUT2D eigenvalue weighted by Gasteiger charge is -2.34. The molecule has 0 N–H and O–H groups in total. The summed E-state index contributed by atoms with van der Waals surface area (Å²) >= 11 is 12.5. The van der Waals surface area contributed by atoms with E-state index >= 15 is 0 Å². The number of carbonyl (C=O) groups excluding carboxylic acids is 2. The van der Waals surface area contributed by atoms with E-state index in [1.807, 2.05) is 30.3 Å². The van der Waals surface area contributed by atoms with Crippen molar-refractivity contribution < 1.29 is 14.3 Å². The molecule has 0 radical (unpaired) electrons. The highest BCUT2D eigenvalue weighted by molar-refractivity contribution is 6.31. The smallest absolute Gasteiger partial charge is 0.336 e. The molecule has 2 aromatic rings. The molecule has 0 saturated heterocycles. The van der Waals surface area contributed by atoms with Gasteiger partial charge in [-0.25, -0.2) is 4.79 Å². The number of nitrogens with zero attached hydrogens (tertiary/aromatic N) is 1. The average Bonchev–Trinajstić information content (AvgIpc) is 2.69. The maximum absolute atomic E-state index is 13.0. The van der Waals surface area contributed by atoms with Crippen LogP contribution in [-0.2, 0) is 20.9 Å². The highest BCUT2D eigenvalue weighted by atomic mass is 35.5. The van der Waals surface area contributed by atoms with E-state index in [0.717, 1.165) is 11.1 Å². The van der Waals surface area contributed by atoms with Crippen molar-refractivity contribution in [2.24, 2.45) is 0 Å². The number of amides is 1. The van der Waals surface area contributed by atoms with E-state index in [1.54, 1.807) is 30.0 Å². The molecule has 150 valence electrons. The zero-order valence-electron chi connectivity index (χ0n) is 16.0. The van der Waals surface area contributed by atoms with Gasteiger partial charge in [0, 0.05) is 28.1 Å². The molecule has 0 aromatic heterocycles. The number of hydrogen-bond acceptors (Lipinski definition) is 3. The summed E-state index contributed by atoms with van der Waals surface area (Å²) in [6, 6.07) is 14.5. The second-order valence-electron chi connectivity index (χ2n) is 6.77. The molecule has 1 aliphatic heterocycles. The van der Waals surface area contributed by atoms with Gasteiger partial charge in [-0.15, -0.1) is 0 Å².